The van der Waals surface area contributed by atoms with Gasteiger partial charge in [-0.2, -0.15) is 0 Å². The Morgan fingerprint density at radius 1 is 0.323 bits per heavy atom. The number of nitrogens with zero attached hydrogens (tertiary/aromatic N) is 6. The molecule has 13 rings (SSSR count). The van der Waals surface area contributed by atoms with Gasteiger partial charge >= 0.3 is 0 Å². The third kappa shape index (κ3) is 4.77. The summed E-state index contributed by atoms with van der Waals surface area (Å²) in [7, 11) is 0. The number of carbonyl (C=O) groups excluding carboxylic acids is 2. The van der Waals surface area contributed by atoms with Crippen LogP contribution in [0.25, 0.3) is 98.9 Å². The van der Waals surface area contributed by atoms with E-state index in [1.807, 2.05) is 60.9 Å². The smallest absolute Gasteiger partial charge is 0.264 e. The molecule has 0 fully saturated rings. The lowest BCUT2D eigenvalue weighted by atomic mass is 10.1. The summed E-state index contributed by atoms with van der Waals surface area (Å²) in [5.41, 5.74) is 9.71. The van der Waals surface area contributed by atoms with E-state index < -0.39 is 0 Å². The molecule has 0 radical (unpaired) electrons. The Bertz CT molecular complexity index is 3660. The van der Waals surface area contributed by atoms with Gasteiger partial charge < -0.3 is 9.13 Å². The van der Waals surface area contributed by atoms with Crippen molar-refractivity contribution in [2.45, 2.75) is 0 Å². The van der Waals surface area contributed by atoms with Gasteiger partial charge in [0.1, 0.15) is 11.3 Å². The molecule has 0 aliphatic heterocycles. The van der Waals surface area contributed by atoms with Gasteiger partial charge in [0.25, 0.3) is 11.8 Å². The third-order valence-electron chi connectivity index (χ3n) is 12.5. The fraction of sp³-hybridized carbons (Fsp3) is 0. The zero-order valence-corrected chi connectivity index (χ0v) is 33.0. The van der Waals surface area contributed by atoms with E-state index in [-0.39, 0.29) is 11.8 Å². The van der Waals surface area contributed by atoms with Gasteiger partial charge in [-0.05, 0) is 72.8 Å². The topological polar surface area (TPSA) is 79.6 Å². The van der Waals surface area contributed by atoms with Crippen molar-refractivity contribution in [3.05, 3.63) is 206 Å². The molecular formula is C54H32N6O2. The SMILES string of the molecule is O=C(c1ccc(C(=O)n2c3ccccc3c3cc(-n4c5ccccc5c5ccccc54)cnc32)cc1)n1c2ccccc2c2cc(-n3c4ccccc4c4ccccc43)cnc21. The molecule has 0 aliphatic rings. The van der Waals surface area contributed by atoms with Crippen LogP contribution >= 0.6 is 0 Å². The fourth-order valence-electron chi connectivity index (χ4n) is 9.74. The molecule has 62 heavy (non-hydrogen) atoms. The van der Waals surface area contributed by atoms with E-state index in [1.165, 1.54) is 21.5 Å². The summed E-state index contributed by atoms with van der Waals surface area (Å²) in [5, 5.41) is 8.28. The minimum absolute atomic E-state index is 0.233. The molecule has 8 nitrogen and oxygen atoms in total. The van der Waals surface area contributed by atoms with Gasteiger partial charge in [0.05, 0.1) is 56.9 Å². The van der Waals surface area contributed by atoms with Crippen molar-refractivity contribution in [2.24, 2.45) is 0 Å². The standard InChI is InChI=1S/C54H32N6O2/c61-53(59-49-23-11-5-17-41(49)43-29-35(31-55-51(43)59)57-45-19-7-1-13-37(45)38-14-2-8-20-46(38)57)33-25-27-34(28-26-33)54(62)60-50-24-12-6-18-42(50)44-30-36(32-56-52(44)60)58-47-21-9-3-15-39(47)40-16-4-10-22-48(40)58/h1-32H. The highest BCUT2D eigenvalue weighted by molar-refractivity contribution is 6.18. The molecule has 7 aromatic carbocycles. The number of aromatic nitrogens is 6. The van der Waals surface area contributed by atoms with Gasteiger partial charge in [-0.25, -0.2) is 9.97 Å². The third-order valence-corrected chi connectivity index (χ3v) is 12.5. The van der Waals surface area contributed by atoms with Crippen LogP contribution in [-0.2, 0) is 0 Å². The molecule has 0 N–H and O–H groups in total. The summed E-state index contributed by atoms with van der Waals surface area (Å²) in [4.78, 5) is 39.1. The van der Waals surface area contributed by atoms with Crippen LogP contribution in [-0.4, -0.2) is 40.1 Å². The average molecular weight is 797 g/mol. The van der Waals surface area contributed by atoms with E-state index in [9.17, 15) is 9.59 Å². The monoisotopic (exact) mass is 796 g/mol. The normalized spacial score (nSPS) is 12.0. The van der Waals surface area contributed by atoms with Gasteiger partial charge in [0, 0.05) is 54.2 Å². The van der Waals surface area contributed by atoms with E-state index in [2.05, 4.69) is 118 Å². The molecule has 6 aromatic heterocycles. The van der Waals surface area contributed by atoms with E-state index >= 15 is 0 Å². The lowest BCUT2D eigenvalue weighted by molar-refractivity contribution is 0.0957. The van der Waals surface area contributed by atoms with Crippen molar-refractivity contribution in [1.82, 2.24) is 28.2 Å². The van der Waals surface area contributed by atoms with Gasteiger partial charge in [-0.3, -0.25) is 18.7 Å². The highest BCUT2D eigenvalue weighted by Gasteiger charge is 2.23. The van der Waals surface area contributed by atoms with Crippen LogP contribution in [0.5, 0.6) is 0 Å². The van der Waals surface area contributed by atoms with Gasteiger partial charge in [0.2, 0.25) is 0 Å². The van der Waals surface area contributed by atoms with Crippen molar-refractivity contribution in [3.8, 4) is 11.4 Å². The molecule has 6 heterocycles. The number of carbonyl (C=O) groups is 2. The first kappa shape index (κ1) is 34.3. The van der Waals surface area contributed by atoms with Crippen LogP contribution < -0.4 is 0 Å². The zero-order chi connectivity index (χ0) is 41.1. The second-order valence-electron chi connectivity index (χ2n) is 15.8. The number of fused-ring (bicyclic) bond motifs is 12. The quantitative estimate of drug-likeness (QED) is 0.178. The first-order valence-electron chi connectivity index (χ1n) is 20.6. The lowest BCUT2D eigenvalue weighted by Gasteiger charge is -2.10. The van der Waals surface area contributed by atoms with Gasteiger partial charge in [0.15, 0.2) is 0 Å². The second-order valence-corrected chi connectivity index (χ2v) is 15.8. The average Bonchev–Trinajstić information content (AvgIpc) is 4.06. The van der Waals surface area contributed by atoms with E-state index in [4.69, 9.17) is 9.97 Å². The number of benzene rings is 7. The Hall–Kier alpha value is -8.62. The number of hydrogen-bond donors (Lipinski definition) is 0. The van der Waals surface area contributed by atoms with Crippen LogP contribution in [0.2, 0.25) is 0 Å². The summed E-state index contributed by atoms with van der Waals surface area (Å²) < 4.78 is 7.84. The first-order valence-corrected chi connectivity index (χ1v) is 20.6. The largest absolute Gasteiger partial charge is 0.308 e. The molecule has 13 aromatic rings. The molecule has 0 atom stereocenters. The first-order chi connectivity index (χ1) is 30.6. The summed E-state index contributed by atoms with van der Waals surface area (Å²) in [6.07, 6.45) is 3.69. The van der Waals surface area contributed by atoms with Crippen molar-refractivity contribution in [3.63, 3.8) is 0 Å². The highest BCUT2D eigenvalue weighted by atomic mass is 16.2. The molecule has 0 bridgehead atoms. The summed E-state index contributed by atoms with van der Waals surface area (Å²) in [6.45, 7) is 0. The zero-order valence-electron chi connectivity index (χ0n) is 33.0. The number of hydrogen-bond acceptors (Lipinski definition) is 4. The summed E-state index contributed by atoms with van der Waals surface area (Å²) >= 11 is 0. The van der Waals surface area contributed by atoms with Crippen LogP contribution in [0.4, 0.5) is 0 Å². The number of rotatable bonds is 4. The minimum atomic E-state index is -0.233. The van der Waals surface area contributed by atoms with E-state index in [0.29, 0.717) is 22.4 Å². The maximum absolute atomic E-state index is 14.6. The predicted molar refractivity (Wildman–Crippen MR) is 249 cm³/mol. The van der Waals surface area contributed by atoms with Crippen molar-refractivity contribution < 1.29 is 9.59 Å². The Kier molecular flexibility index (Phi) is 7.15. The molecule has 0 saturated carbocycles. The minimum Gasteiger partial charge on any atom is -0.308 e. The van der Waals surface area contributed by atoms with Crippen molar-refractivity contribution in [1.29, 1.82) is 0 Å². The molecule has 0 aliphatic carbocycles. The Morgan fingerprint density at radius 3 is 0.919 bits per heavy atom. The van der Waals surface area contributed by atoms with Crippen LogP contribution in [0.15, 0.2) is 194 Å². The molecular weight excluding hydrogens is 765 g/mol. The Labute approximate surface area is 352 Å². The second kappa shape index (κ2) is 12.9. The van der Waals surface area contributed by atoms with Crippen molar-refractivity contribution >= 4 is 99.3 Å². The summed E-state index contributed by atoms with van der Waals surface area (Å²) in [5.74, 6) is -0.466. The molecule has 0 spiro atoms. The highest BCUT2D eigenvalue weighted by Crippen LogP contribution is 2.37. The Morgan fingerprint density at radius 2 is 0.597 bits per heavy atom. The van der Waals surface area contributed by atoms with Crippen LogP contribution in [0.1, 0.15) is 20.7 Å². The van der Waals surface area contributed by atoms with Crippen LogP contribution in [0.3, 0.4) is 0 Å². The lowest BCUT2D eigenvalue weighted by Crippen LogP contribution is -2.15. The summed E-state index contributed by atoms with van der Waals surface area (Å²) in [6, 6.07) is 60.5. The van der Waals surface area contributed by atoms with Gasteiger partial charge in [-0.15, -0.1) is 0 Å². The number of pyridine rings is 2. The van der Waals surface area contributed by atoms with E-state index in [1.54, 1.807) is 33.4 Å². The molecule has 0 saturated heterocycles. The maximum Gasteiger partial charge on any atom is 0.264 e. The molecule has 0 unspecified atom stereocenters. The number of para-hydroxylation sites is 6. The molecule has 8 heteroatoms. The van der Waals surface area contributed by atoms with Crippen LogP contribution in [0, 0.1) is 0 Å². The Balaban J connectivity index is 0.889. The van der Waals surface area contributed by atoms with Crippen molar-refractivity contribution in [2.75, 3.05) is 0 Å². The predicted octanol–water partition coefficient (Wildman–Crippen LogP) is 12.3. The molecule has 0 amide bonds. The van der Waals surface area contributed by atoms with Gasteiger partial charge in [-0.1, -0.05) is 109 Å². The maximum atomic E-state index is 14.6. The molecule has 290 valence electrons. The van der Waals surface area contributed by atoms with E-state index in [0.717, 1.165) is 66.0 Å². The fourth-order valence-corrected chi connectivity index (χ4v) is 9.74.